The number of aliphatic hydroxyl groups excluding tert-OH is 1. The zero-order valence-electron chi connectivity index (χ0n) is 9.32. The largest absolute Gasteiger partial charge is 0.388 e. The lowest BCUT2D eigenvalue weighted by atomic mass is 9.92. The van der Waals surface area contributed by atoms with Crippen LogP contribution in [0.3, 0.4) is 0 Å². The first-order valence-corrected chi connectivity index (χ1v) is 5.87. The summed E-state index contributed by atoms with van der Waals surface area (Å²) < 4.78 is 12.7. The van der Waals surface area contributed by atoms with Crippen LogP contribution in [0.5, 0.6) is 0 Å². The Hall–Kier alpha value is -1.15. The number of allylic oxidation sites excluding steroid dienone is 1. The molecule has 0 heterocycles. The number of hydrogen-bond acceptors (Lipinski definition) is 1. The number of rotatable bonds is 3. The van der Waals surface area contributed by atoms with Crippen LogP contribution in [-0.4, -0.2) is 11.2 Å². The summed E-state index contributed by atoms with van der Waals surface area (Å²) in [6.07, 6.45) is 6.83. The lowest BCUT2D eigenvalue weighted by Crippen LogP contribution is -2.15. The molecule has 1 N–H and O–H groups in total. The topological polar surface area (TPSA) is 20.2 Å². The van der Waals surface area contributed by atoms with E-state index in [0.717, 1.165) is 24.0 Å². The average Bonchev–Trinajstić information content (AvgIpc) is 2.33. The molecule has 0 amide bonds. The first-order valence-electron chi connectivity index (χ1n) is 5.87. The maximum Gasteiger partial charge on any atom is 0.123 e. The number of hydrogen-bond donors (Lipinski definition) is 1. The van der Waals surface area contributed by atoms with Crippen molar-refractivity contribution in [2.45, 2.75) is 38.2 Å². The molecule has 1 aliphatic rings. The van der Waals surface area contributed by atoms with Crippen LogP contribution < -0.4 is 0 Å². The number of aliphatic hydroxyl groups is 1. The molecule has 2 heteroatoms. The van der Waals surface area contributed by atoms with Crippen LogP contribution >= 0.6 is 0 Å². The van der Waals surface area contributed by atoms with E-state index in [-0.39, 0.29) is 5.82 Å². The zero-order chi connectivity index (χ0) is 11.4. The van der Waals surface area contributed by atoms with Crippen molar-refractivity contribution in [3.05, 3.63) is 47.3 Å². The summed E-state index contributed by atoms with van der Waals surface area (Å²) in [5, 5.41) is 10.0. The molecule has 0 bridgehead atoms. The van der Waals surface area contributed by atoms with E-state index < -0.39 is 6.10 Å². The molecule has 1 unspecified atom stereocenters. The van der Waals surface area contributed by atoms with Gasteiger partial charge in [0.05, 0.1) is 6.10 Å². The summed E-state index contributed by atoms with van der Waals surface area (Å²) in [5.41, 5.74) is 2.14. The maximum atomic E-state index is 12.7. The fraction of sp³-hybridized carbons (Fsp3) is 0.429. The summed E-state index contributed by atoms with van der Waals surface area (Å²) in [7, 11) is 0. The van der Waals surface area contributed by atoms with Gasteiger partial charge < -0.3 is 5.11 Å². The monoisotopic (exact) mass is 220 g/mol. The minimum absolute atomic E-state index is 0.227. The molecular weight excluding hydrogens is 203 g/mol. The van der Waals surface area contributed by atoms with Crippen molar-refractivity contribution in [2.24, 2.45) is 0 Å². The fourth-order valence-corrected chi connectivity index (χ4v) is 2.14. The lowest BCUT2D eigenvalue weighted by Gasteiger charge is -2.18. The molecule has 1 nitrogen and oxygen atoms in total. The second-order valence-corrected chi connectivity index (χ2v) is 4.37. The van der Waals surface area contributed by atoms with Crippen LogP contribution in [0.4, 0.5) is 4.39 Å². The summed E-state index contributed by atoms with van der Waals surface area (Å²) in [6, 6.07) is 6.36. The molecule has 0 radical (unpaired) electrons. The molecule has 0 saturated heterocycles. The Morgan fingerprint density at radius 2 is 1.94 bits per heavy atom. The lowest BCUT2D eigenvalue weighted by molar-refractivity contribution is 0.204. The van der Waals surface area contributed by atoms with Crippen molar-refractivity contribution in [3.63, 3.8) is 0 Å². The van der Waals surface area contributed by atoms with Gasteiger partial charge in [-0.1, -0.05) is 18.2 Å². The highest BCUT2D eigenvalue weighted by molar-refractivity contribution is 5.21. The second-order valence-electron chi connectivity index (χ2n) is 4.37. The summed E-state index contributed by atoms with van der Waals surface area (Å²) in [6.45, 7) is 0. The van der Waals surface area contributed by atoms with Crippen LogP contribution in [0.2, 0.25) is 0 Å². The molecule has 16 heavy (non-hydrogen) atoms. The van der Waals surface area contributed by atoms with Crippen molar-refractivity contribution >= 4 is 0 Å². The zero-order valence-corrected chi connectivity index (χ0v) is 9.32. The highest BCUT2D eigenvalue weighted by Crippen LogP contribution is 2.22. The Balaban J connectivity index is 1.98. The van der Waals surface area contributed by atoms with E-state index in [2.05, 4.69) is 6.08 Å². The molecule has 1 aliphatic carbocycles. The van der Waals surface area contributed by atoms with Crippen LogP contribution in [0.15, 0.2) is 35.9 Å². The van der Waals surface area contributed by atoms with Gasteiger partial charge in [-0.25, -0.2) is 4.39 Å². The van der Waals surface area contributed by atoms with Crippen molar-refractivity contribution in [2.75, 3.05) is 0 Å². The Kier molecular flexibility index (Phi) is 3.73. The van der Waals surface area contributed by atoms with E-state index in [4.69, 9.17) is 0 Å². The third-order valence-corrected chi connectivity index (χ3v) is 3.10. The summed E-state index contributed by atoms with van der Waals surface area (Å²) >= 11 is 0. The van der Waals surface area contributed by atoms with Crippen LogP contribution in [-0.2, 0) is 6.42 Å². The highest BCUT2D eigenvalue weighted by atomic mass is 19.1. The van der Waals surface area contributed by atoms with Gasteiger partial charge in [-0.3, -0.25) is 0 Å². The predicted molar refractivity (Wildman–Crippen MR) is 62.7 cm³/mol. The molecule has 0 aliphatic heterocycles. The standard InChI is InChI=1S/C14H17FO/c15-13-8-6-11(7-9-13)10-14(16)12-4-2-1-3-5-12/h4,6-9,14,16H,1-3,5,10H2. The quantitative estimate of drug-likeness (QED) is 0.775. The minimum atomic E-state index is -0.397. The smallest absolute Gasteiger partial charge is 0.123 e. The van der Waals surface area contributed by atoms with Gasteiger partial charge in [0, 0.05) is 6.42 Å². The molecule has 1 aromatic carbocycles. The van der Waals surface area contributed by atoms with Crippen LogP contribution in [0, 0.1) is 5.82 Å². The van der Waals surface area contributed by atoms with Gasteiger partial charge in [-0.2, -0.15) is 0 Å². The van der Waals surface area contributed by atoms with E-state index in [1.807, 2.05) is 0 Å². The van der Waals surface area contributed by atoms with Gasteiger partial charge in [0.25, 0.3) is 0 Å². The molecule has 1 aromatic rings. The Morgan fingerprint density at radius 1 is 1.19 bits per heavy atom. The third kappa shape index (κ3) is 2.92. The molecule has 0 fully saturated rings. The Labute approximate surface area is 95.6 Å². The fourth-order valence-electron chi connectivity index (χ4n) is 2.14. The molecular formula is C14H17FO. The molecule has 2 rings (SSSR count). The van der Waals surface area contributed by atoms with E-state index in [0.29, 0.717) is 6.42 Å². The van der Waals surface area contributed by atoms with Crippen molar-refractivity contribution in [1.29, 1.82) is 0 Å². The SMILES string of the molecule is OC(Cc1ccc(F)cc1)C1=CCCCC1. The Morgan fingerprint density at radius 3 is 2.56 bits per heavy atom. The molecule has 0 aromatic heterocycles. The maximum absolute atomic E-state index is 12.7. The normalized spacial score (nSPS) is 18.0. The van der Waals surface area contributed by atoms with Crippen LogP contribution in [0.1, 0.15) is 31.2 Å². The van der Waals surface area contributed by atoms with E-state index in [1.54, 1.807) is 12.1 Å². The van der Waals surface area contributed by atoms with E-state index in [1.165, 1.54) is 25.0 Å². The highest BCUT2D eigenvalue weighted by Gasteiger charge is 2.13. The first-order chi connectivity index (χ1) is 7.75. The number of halogens is 1. The van der Waals surface area contributed by atoms with E-state index in [9.17, 15) is 9.50 Å². The number of benzene rings is 1. The Bertz CT molecular complexity index is 367. The van der Waals surface area contributed by atoms with Gasteiger partial charge in [-0.05, 0) is 49.0 Å². The van der Waals surface area contributed by atoms with Crippen molar-refractivity contribution in [3.8, 4) is 0 Å². The van der Waals surface area contributed by atoms with Gasteiger partial charge in [0.15, 0.2) is 0 Å². The van der Waals surface area contributed by atoms with Crippen molar-refractivity contribution in [1.82, 2.24) is 0 Å². The predicted octanol–water partition coefficient (Wildman–Crippen LogP) is 3.23. The average molecular weight is 220 g/mol. The van der Waals surface area contributed by atoms with Gasteiger partial charge in [0.1, 0.15) is 5.82 Å². The second kappa shape index (κ2) is 5.26. The van der Waals surface area contributed by atoms with Gasteiger partial charge >= 0.3 is 0 Å². The summed E-state index contributed by atoms with van der Waals surface area (Å²) in [5.74, 6) is -0.227. The van der Waals surface area contributed by atoms with E-state index >= 15 is 0 Å². The molecule has 1 atom stereocenters. The molecule has 0 spiro atoms. The third-order valence-electron chi connectivity index (χ3n) is 3.10. The molecule has 86 valence electrons. The van der Waals surface area contributed by atoms with Crippen molar-refractivity contribution < 1.29 is 9.50 Å². The molecule has 0 saturated carbocycles. The summed E-state index contributed by atoms with van der Waals surface area (Å²) in [4.78, 5) is 0. The van der Waals surface area contributed by atoms with Crippen LogP contribution in [0.25, 0.3) is 0 Å². The minimum Gasteiger partial charge on any atom is -0.388 e. The van der Waals surface area contributed by atoms with Gasteiger partial charge in [-0.15, -0.1) is 0 Å². The van der Waals surface area contributed by atoms with Gasteiger partial charge in [0.2, 0.25) is 0 Å². The first kappa shape index (κ1) is 11.3.